The highest BCUT2D eigenvalue weighted by Crippen LogP contribution is 2.38. The summed E-state index contributed by atoms with van der Waals surface area (Å²) in [6.45, 7) is 6.71. The third kappa shape index (κ3) is 3.64. The Morgan fingerprint density at radius 2 is 2.07 bits per heavy atom. The van der Waals surface area contributed by atoms with Gasteiger partial charge in [0, 0.05) is 32.1 Å². The number of hydrogen-bond acceptors (Lipinski definition) is 3. The molecule has 1 aromatic rings. The maximum Gasteiger partial charge on any atom is 0.227 e. The smallest absolute Gasteiger partial charge is 0.227 e. The summed E-state index contributed by atoms with van der Waals surface area (Å²) >= 11 is 0. The van der Waals surface area contributed by atoms with Gasteiger partial charge in [0.15, 0.2) is 0 Å². The predicted octanol–water partition coefficient (Wildman–Crippen LogP) is 3.19. The molecule has 1 aromatic carbocycles. The van der Waals surface area contributed by atoms with Gasteiger partial charge in [0.05, 0.1) is 6.42 Å². The minimum Gasteiger partial charge on any atom is -0.488 e. The zero-order valence-corrected chi connectivity index (χ0v) is 17.7. The summed E-state index contributed by atoms with van der Waals surface area (Å²) in [4.78, 5) is 29.6. The van der Waals surface area contributed by atoms with Crippen LogP contribution in [0.25, 0.3) is 0 Å². The summed E-state index contributed by atoms with van der Waals surface area (Å²) in [5, 5.41) is 0. The second-order valence-electron chi connectivity index (χ2n) is 10.1. The summed E-state index contributed by atoms with van der Waals surface area (Å²) in [5.41, 5.74) is 2.20. The quantitative estimate of drug-likeness (QED) is 0.771. The van der Waals surface area contributed by atoms with Crippen LogP contribution in [0.15, 0.2) is 18.2 Å². The molecular weight excluding hydrogens is 364 g/mol. The highest BCUT2D eigenvalue weighted by molar-refractivity contribution is 5.80. The SMILES string of the molecule is CC1(C)CCc2cc(CC(=O)N3C[C@H]4C[C@@H](C3)[C@H]3CCCC(=O)N3C4)ccc2O1. The Kier molecular flexibility index (Phi) is 4.60. The molecule has 29 heavy (non-hydrogen) atoms. The summed E-state index contributed by atoms with van der Waals surface area (Å²) in [6, 6.07) is 6.60. The first-order valence-corrected chi connectivity index (χ1v) is 11.3. The van der Waals surface area contributed by atoms with E-state index in [1.165, 1.54) is 12.0 Å². The molecule has 5 heteroatoms. The van der Waals surface area contributed by atoms with Crippen molar-refractivity contribution in [2.24, 2.45) is 11.8 Å². The number of hydrogen-bond donors (Lipinski definition) is 0. The van der Waals surface area contributed by atoms with Gasteiger partial charge in [-0.05, 0) is 75.0 Å². The second-order valence-corrected chi connectivity index (χ2v) is 10.1. The normalized spacial score (nSPS) is 30.3. The van der Waals surface area contributed by atoms with E-state index in [2.05, 4.69) is 29.7 Å². The first-order valence-electron chi connectivity index (χ1n) is 11.3. The van der Waals surface area contributed by atoms with Gasteiger partial charge in [-0.2, -0.15) is 0 Å². The first kappa shape index (κ1) is 19.0. The Balaban J connectivity index is 1.26. The minimum absolute atomic E-state index is 0.107. The predicted molar refractivity (Wildman–Crippen MR) is 111 cm³/mol. The molecule has 4 heterocycles. The van der Waals surface area contributed by atoms with E-state index < -0.39 is 0 Å². The summed E-state index contributed by atoms with van der Waals surface area (Å²) in [5.74, 6) is 2.42. The van der Waals surface area contributed by atoms with Gasteiger partial charge in [-0.1, -0.05) is 12.1 Å². The van der Waals surface area contributed by atoms with Gasteiger partial charge in [0.2, 0.25) is 11.8 Å². The Hall–Kier alpha value is -2.04. The third-order valence-corrected chi connectivity index (χ3v) is 7.40. The number of nitrogens with zero attached hydrogens (tertiary/aromatic N) is 2. The van der Waals surface area contributed by atoms with E-state index in [-0.39, 0.29) is 11.5 Å². The Morgan fingerprint density at radius 1 is 1.21 bits per heavy atom. The minimum atomic E-state index is -0.107. The number of carbonyl (C=O) groups excluding carboxylic acids is 2. The van der Waals surface area contributed by atoms with E-state index in [4.69, 9.17) is 4.74 Å². The van der Waals surface area contributed by atoms with Crippen LogP contribution in [-0.4, -0.2) is 52.9 Å². The largest absolute Gasteiger partial charge is 0.488 e. The van der Waals surface area contributed by atoms with Gasteiger partial charge in [-0.25, -0.2) is 0 Å². The van der Waals surface area contributed by atoms with Crippen molar-refractivity contribution in [1.82, 2.24) is 9.80 Å². The molecule has 156 valence electrons. The highest BCUT2D eigenvalue weighted by atomic mass is 16.5. The van der Waals surface area contributed by atoms with Crippen molar-refractivity contribution in [2.45, 2.75) is 70.4 Å². The van der Waals surface area contributed by atoms with Crippen molar-refractivity contribution in [2.75, 3.05) is 19.6 Å². The molecule has 0 aliphatic carbocycles. The molecule has 0 unspecified atom stereocenters. The molecule has 0 saturated carbocycles. The van der Waals surface area contributed by atoms with Crippen molar-refractivity contribution in [1.29, 1.82) is 0 Å². The molecule has 3 atom stereocenters. The zero-order valence-electron chi connectivity index (χ0n) is 17.7. The second kappa shape index (κ2) is 7.03. The van der Waals surface area contributed by atoms with E-state index >= 15 is 0 Å². The number of amides is 2. The molecule has 0 aromatic heterocycles. The lowest BCUT2D eigenvalue weighted by Gasteiger charge is -2.52. The zero-order chi connectivity index (χ0) is 20.2. The molecule has 2 amide bonds. The van der Waals surface area contributed by atoms with Gasteiger partial charge in [-0.15, -0.1) is 0 Å². The van der Waals surface area contributed by atoms with Crippen molar-refractivity contribution in [3.8, 4) is 5.75 Å². The molecular formula is C24H32N2O3. The monoisotopic (exact) mass is 396 g/mol. The number of fused-ring (bicyclic) bond motifs is 5. The first-order chi connectivity index (χ1) is 13.9. The van der Waals surface area contributed by atoms with Crippen LogP contribution in [-0.2, 0) is 22.4 Å². The highest BCUT2D eigenvalue weighted by Gasteiger charge is 2.44. The number of rotatable bonds is 2. The molecule has 4 aliphatic rings. The van der Waals surface area contributed by atoms with Crippen molar-refractivity contribution >= 4 is 11.8 Å². The molecule has 4 aliphatic heterocycles. The van der Waals surface area contributed by atoms with E-state index in [0.717, 1.165) is 56.6 Å². The van der Waals surface area contributed by atoms with Crippen LogP contribution in [0.5, 0.6) is 5.75 Å². The fraction of sp³-hybridized carbons (Fsp3) is 0.667. The van der Waals surface area contributed by atoms with Crippen molar-refractivity contribution in [3.05, 3.63) is 29.3 Å². The standard InChI is InChI=1S/C24H32N2O3/c1-24(2)9-8-18-10-16(6-7-21(18)29-24)12-23(28)25-13-17-11-19(15-25)20-4-3-5-22(27)26(20)14-17/h6-7,10,17,19-20H,3-5,8-9,11-15H2,1-2H3/t17-,19+,20-/m1/s1. The van der Waals surface area contributed by atoms with Gasteiger partial charge < -0.3 is 14.5 Å². The Morgan fingerprint density at radius 3 is 2.93 bits per heavy atom. The van der Waals surface area contributed by atoms with Gasteiger partial charge in [-0.3, -0.25) is 9.59 Å². The topological polar surface area (TPSA) is 49.9 Å². The molecule has 3 fully saturated rings. The van der Waals surface area contributed by atoms with Crippen LogP contribution in [0.2, 0.25) is 0 Å². The van der Waals surface area contributed by atoms with Gasteiger partial charge in [0.25, 0.3) is 0 Å². The lowest BCUT2D eigenvalue weighted by molar-refractivity contribution is -0.148. The van der Waals surface area contributed by atoms with Crippen LogP contribution in [0, 0.1) is 11.8 Å². The molecule has 0 radical (unpaired) electrons. The van der Waals surface area contributed by atoms with Crippen molar-refractivity contribution in [3.63, 3.8) is 0 Å². The molecule has 0 N–H and O–H groups in total. The number of aryl methyl sites for hydroxylation is 1. The fourth-order valence-electron chi connectivity index (χ4n) is 5.92. The molecule has 5 nitrogen and oxygen atoms in total. The molecule has 0 spiro atoms. The number of benzene rings is 1. The Bertz CT molecular complexity index is 833. The molecule has 5 rings (SSSR count). The van der Waals surface area contributed by atoms with Crippen molar-refractivity contribution < 1.29 is 14.3 Å². The maximum absolute atomic E-state index is 13.1. The van der Waals surface area contributed by atoms with Crippen LogP contribution < -0.4 is 4.74 Å². The third-order valence-electron chi connectivity index (χ3n) is 7.40. The van der Waals surface area contributed by atoms with Crippen LogP contribution in [0.1, 0.15) is 57.1 Å². The number of carbonyl (C=O) groups is 2. The van der Waals surface area contributed by atoms with Crippen LogP contribution >= 0.6 is 0 Å². The summed E-state index contributed by atoms with van der Waals surface area (Å²) in [6.07, 6.45) is 6.45. The lowest BCUT2D eigenvalue weighted by atomic mass is 9.76. The van der Waals surface area contributed by atoms with E-state index in [1.807, 2.05) is 12.1 Å². The van der Waals surface area contributed by atoms with E-state index in [1.54, 1.807) is 0 Å². The average Bonchev–Trinajstić information content (AvgIpc) is 2.68. The molecule has 3 saturated heterocycles. The average molecular weight is 397 g/mol. The van der Waals surface area contributed by atoms with Gasteiger partial charge in [0.1, 0.15) is 11.4 Å². The van der Waals surface area contributed by atoms with E-state index in [0.29, 0.717) is 36.6 Å². The summed E-state index contributed by atoms with van der Waals surface area (Å²) in [7, 11) is 0. The summed E-state index contributed by atoms with van der Waals surface area (Å²) < 4.78 is 6.08. The fourth-order valence-corrected chi connectivity index (χ4v) is 5.92. The number of likely N-dealkylation sites (tertiary alicyclic amines) is 1. The maximum atomic E-state index is 13.1. The van der Waals surface area contributed by atoms with Gasteiger partial charge >= 0.3 is 0 Å². The van der Waals surface area contributed by atoms with E-state index in [9.17, 15) is 9.59 Å². The lowest BCUT2D eigenvalue weighted by Crippen LogP contribution is -2.61. The number of ether oxygens (including phenoxy) is 1. The molecule has 2 bridgehead atoms. The van der Waals surface area contributed by atoms with Crippen LogP contribution in [0.3, 0.4) is 0 Å². The Labute approximate surface area is 173 Å². The van der Waals surface area contributed by atoms with Crippen LogP contribution in [0.4, 0.5) is 0 Å². The number of piperidine rings is 3.